The highest BCUT2D eigenvalue weighted by Gasteiger charge is 2.30. The number of para-hydroxylation sites is 1. The van der Waals surface area contributed by atoms with Gasteiger partial charge < -0.3 is 20.1 Å². The number of anilines is 3. The topological polar surface area (TPSA) is 75.2 Å². The van der Waals surface area contributed by atoms with Gasteiger partial charge in [-0.05, 0) is 72.3 Å². The molecule has 0 bridgehead atoms. The lowest BCUT2D eigenvalue weighted by molar-refractivity contribution is 0.171. The molecule has 7 nitrogen and oxygen atoms in total. The first-order chi connectivity index (χ1) is 18.6. The van der Waals surface area contributed by atoms with E-state index >= 15 is 0 Å². The van der Waals surface area contributed by atoms with Crippen LogP contribution in [0.3, 0.4) is 0 Å². The molecule has 1 unspecified atom stereocenters. The molecular formula is C30H25FN4O3. The van der Waals surface area contributed by atoms with Crippen LogP contribution in [0.25, 0.3) is 0 Å². The molecule has 0 saturated heterocycles. The molecule has 2 heterocycles. The van der Waals surface area contributed by atoms with Gasteiger partial charge in [0.05, 0.1) is 17.4 Å². The standard InChI is InChI=1S/C30H25FN4O3/c31-22-10-12-23(13-11-22)32-30(36)33-24-6-4-5-21(17-24)27-19-26(34-35(27)25-7-2-1-3-8-25)20-9-14-28-29(18-20)38-16-15-37-28/h1-14,17-18,27H,15-16,19H2,(H2,32,33,36). The second kappa shape index (κ2) is 10.3. The maximum absolute atomic E-state index is 13.2. The molecule has 2 aliphatic rings. The lowest BCUT2D eigenvalue weighted by Gasteiger charge is -2.24. The molecule has 0 spiro atoms. The van der Waals surface area contributed by atoms with Crippen LogP contribution in [-0.2, 0) is 0 Å². The van der Waals surface area contributed by atoms with Crippen LogP contribution in [0.1, 0.15) is 23.6 Å². The molecule has 0 radical (unpaired) electrons. The number of rotatable bonds is 5. The maximum atomic E-state index is 13.2. The Labute approximate surface area is 219 Å². The number of hydrazone groups is 1. The molecule has 0 saturated carbocycles. The molecule has 0 aliphatic carbocycles. The zero-order chi connectivity index (χ0) is 25.9. The average Bonchev–Trinajstić information content (AvgIpc) is 3.40. The molecule has 4 aromatic rings. The van der Waals surface area contributed by atoms with E-state index in [1.54, 1.807) is 0 Å². The summed E-state index contributed by atoms with van der Waals surface area (Å²) < 4.78 is 24.6. The summed E-state index contributed by atoms with van der Waals surface area (Å²) >= 11 is 0. The van der Waals surface area contributed by atoms with Crippen molar-refractivity contribution in [3.05, 3.63) is 114 Å². The van der Waals surface area contributed by atoms with Crippen molar-refractivity contribution in [2.75, 3.05) is 28.9 Å². The summed E-state index contributed by atoms with van der Waals surface area (Å²) in [6.45, 7) is 1.07. The quantitative estimate of drug-likeness (QED) is 0.319. The monoisotopic (exact) mass is 508 g/mol. The van der Waals surface area contributed by atoms with Gasteiger partial charge in [-0.2, -0.15) is 5.10 Å². The van der Waals surface area contributed by atoms with E-state index in [0.717, 1.165) is 34.0 Å². The Morgan fingerprint density at radius 3 is 2.39 bits per heavy atom. The first kappa shape index (κ1) is 23.5. The molecule has 2 aliphatic heterocycles. The fourth-order valence-electron chi connectivity index (χ4n) is 4.64. The number of carbonyl (C=O) groups is 1. The van der Waals surface area contributed by atoms with E-state index in [-0.39, 0.29) is 11.9 Å². The van der Waals surface area contributed by atoms with Crippen molar-refractivity contribution in [2.24, 2.45) is 5.10 Å². The van der Waals surface area contributed by atoms with Gasteiger partial charge in [-0.25, -0.2) is 9.18 Å². The molecule has 0 aromatic heterocycles. The molecule has 4 aromatic carbocycles. The zero-order valence-corrected chi connectivity index (χ0v) is 20.4. The minimum atomic E-state index is -0.409. The number of fused-ring (bicyclic) bond motifs is 1. The predicted molar refractivity (Wildman–Crippen MR) is 146 cm³/mol. The molecule has 0 fully saturated rings. The molecule has 38 heavy (non-hydrogen) atoms. The Bertz CT molecular complexity index is 1490. The van der Waals surface area contributed by atoms with Crippen LogP contribution >= 0.6 is 0 Å². The van der Waals surface area contributed by atoms with Crippen LogP contribution in [0.2, 0.25) is 0 Å². The minimum Gasteiger partial charge on any atom is -0.486 e. The number of urea groups is 1. The van der Waals surface area contributed by atoms with Crippen molar-refractivity contribution in [1.29, 1.82) is 0 Å². The molecule has 190 valence electrons. The van der Waals surface area contributed by atoms with E-state index in [9.17, 15) is 9.18 Å². The number of nitrogens with zero attached hydrogens (tertiary/aromatic N) is 2. The lowest BCUT2D eigenvalue weighted by atomic mass is 9.97. The van der Waals surface area contributed by atoms with Gasteiger partial charge in [-0.3, -0.25) is 5.01 Å². The fourth-order valence-corrected chi connectivity index (χ4v) is 4.64. The van der Waals surface area contributed by atoms with Crippen molar-refractivity contribution in [3.63, 3.8) is 0 Å². The number of hydrogen-bond acceptors (Lipinski definition) is 5. The van der Waals surface area contributed by atoms with Gasteiger partial charge in [-0.1, -0.05) is 30.3 Å². The Morgan fingerprint density at radius 1 is 0.816 bits per heavy atom. The van der Waals surface area contributed by atoms with Crippen LogP contribution < -0.4 is 25.1 Å². The summed E-state index contributed by atoms with van der Waals surface area (Å²) in [4.78, 5) is 12.6. The number of halogens is 1. The highest BCUT2D eigenvalue weighted by molar-refractivity contribution is 6.04. The van der Waals surface area contributed by atoms with Crippen molar-refractivity contribution in [1.82, 2.24) is 0 Å². The van der Waals surface area contributed by atoms with Gasteiger partial charge in [0.2, 0.25) is 0 Å². The van der Waals surface area contributed by atoms with Crippen molar-refractivity contribution in [2.45, 2.75) is 12.5 Å². The molecule has 2 N–H and O–H groups in total. The smallest absolute Gasteiger partial charge is 0.323 e. The summed E-state index contributed by atoms with van der Waals surface area (Å²) in [6.07, 6.45) is 0.666. The number of hydrogen-bond donors (Lipinski definition) is 2. The van der Waals surface area contributed by atoms with Gasteiger partial charge in [0, 0.05) is 23.4 Å². The third-order valence-corrected chi connectivity index (χ3v) is 6.44. The van der Waals surface area contributed by atoms with E-state index in [0.29, 0.717) is 31.0 Å². The van der Waals surface area contributed by atoms with Gasteiger partial charge in [0.1, 0.15) is 19.0 Å². The third-order valence-electron chi connectivity index (χ3n) is 6.44. The number of ether oxygens (including phenoxy) is 2. The fraction of sp³-hybridized carbons (Fsp3) is 0.133. The van der Waals surface area contributed by atoms with Gasteiger partial charge >= 0.3 is 6.03 Å². The van der Waals surface area contributed by atoms with E-state index in [1.807, 2.05) is 77.8 Å². The SMILES string of the molecule is O=C(Nc1ccc(F)cc1)Nc1cccc(C2CC(c3ccc4c(c3)OCCO4)=NN2c2ccccc2)c1. The van der Waals surface area contributed by atoms with Crippen molar-refractivity contribution < 1.29 is 18.7 Å². The average molecular weight is 509 g/mol. The summed E-state index contributed by atoms with van der Waals surface area (Å²) in [5.74, 6) is 1.11. The molecule has 6 rings (SSSR count). The van der Waals surface area contributed by atoms with E-state index < -0.39 is 6.03 Å². The van der Waals surface area contributed by atoms with Crippen LogP contribution in [0.15, 0.2) is 102 Å². The number of benzene rings is 4. The Kier molecular flexibility index (Phi) is 6.35. The molecule has 8 heteroatoms. The number of carbonyl (C=O) groups excluding carboxylic acids is 1. The van der Waals surface area contributed by atoms with Crippen LogP contribution in [0.4, 0.5) is 26.2 Å². The zero-order valence-electron chi connectivity index (χ0n) is 20.4. The Balaban J connectivity index is 1.25. The number of amides is 2. The van der Waals surface area contributed by atoms with Gasteiger partial charge in [-0.15, -0.1) is 0 Å². The largest absolute Gasteiger partial charge is 0.486 e. The predicted octanol–water partition coefficient (Wildman–Crippen LogP) is 6.60. The summed E-state index contributed by atoms with van der Waals surface area (Å²) in [5, 5.41) is 12.6. The van der Waals surface area contributed by atoms with E-state index in [4.69, 9.17) is 14.6 Å². The first-order valence-electron chi connectivity index (χ1n) is 12.4. The summed E-state index contributed by atoms with van der Waals surface area (Å²) in [6, 6.07) is 28.8. The van der Waals surface area contributed by atoms with Crippen LogP contribution in [-0.4, -0.2) is 25.0 Å². The molecular weight excluding hydrogens is 483 g/mol. The highest BCUT2D eigenvalue weighted by Crippen LogP contribution is 2.39. The van der Waals surface area contributed by atoms with Crippen LogP contribution in [0.5, 0.6) is 11.5 Å². The normalized spacial score (nSPS) is 16.1. The van der Waals surface area contributed by atoms with Crippen molar-refractivity contribution >= 4 is 28.8 Å². The second-order valence-electron chi connectivity index (χ2n) is 9.02. The van der Waals surface area contributed by atoms with Gasteiger partial charge in [0.25, 0.3) is 0 Å². The summed E-state index contributed by atoms with van der Waals surface area (Å²) in [5.41, 5.74) is 5.03. The second-order valence-corrected chi connectivity index (χ2v) is 9.02. The van der Waals surface area contributed by atoms with Gasteiger partial charge in [0.15, 0.2) is 11.5 Å². The lowest BCUT2D eigenvalue weighted by Crippen LogP contribution is -2.21. The van der Waals surface area contributed by atoms with E-state index in [2.05, 4.69) is 10.6 Å². The van der Waals surface area contributed by atoms with Crippen LogP contribution in [0, 0.1) is 5.82 Å². The third kappa shape index (κ3) is 5.01. The number of nitrogens with one attached hydrogen (secondary N) is 2. The Morgan fingerprint density at radius 2 is 1.58 bits per heavy atom. The molecule has 1 atom stereocenters. The first-order valence-corrected chi connectivity index (χ1v) is 12.4. The van der Waals surface area contributed by atoms with Crippen molar-refractivity contribution in [3.8, 4) is 11.5 Å². The maximum Gasteiger partial charge on any atom is 0.323 e. The van der Waals surface area contributed by atoms with E-state index in [1.165, 1.54) is 24.3 Å². The Hall–Kier alpha value is -4.85. The minimum absolute atomic E-state index is 0.0810. The summed E-state index contributed by atoms with van der Waals surface area (Å²) in [7, 11) is 0. The molecule has 2 amide bonds. The highest BCUT2D eigenvalue weighted by atomic mass is 19.1.